The first-order valence-corrected chi connectivity index (χ1v) is 7.31. The highest BCUT2D eigenvalue weighted by Gasteiger charge is 2.20. The standard InChI is InChI=1S/C15H21N3O4/c1-2-22-15(21)16-14(20)11-17-7-9-18(10-8-17)12-3-5-13(19)6-4-12/h3-6,19H,2,7-11H2,1H3,(H,16,20,21). The van der Waals surface area contributed by atoms with Gasteiger partial charge in [-0.25, -0.2) is 4.79 Å². The zero-order valence-electron chi connectivity index (χ0n) is 12.6. The Morgan fingerprint density at radius 1 is 1.18 bits per heavy atom. The van der Waals surface area contributed by atoms with Crippen molar-refractivity contribution in [2.45, 2.75) is 6.92 Å². The summed E-state index contributed by atoms with van der Waals surface area (Å²) in [6.07, 6.45) is -0.699. The van der Waals surface area contributed by atoms with Crippen LogP contribution < -0.4 is 10.2 Å². The van der Waals surface area contributed by atoms with E-state index in [9.17, 15) is 14.7 Å². The fourth-order valence-corrected chi connectivity index (χ4v) is 2.35. The fourth-order valence-electron chi connectivity index (χ4n) is 2.35. The quantitative estimate of drug-likeness (QED) is 0.856. The number of phenolic OH excluding ortho intramolecular Hbond substituents is 1. The van der Waals surface area contributed by atoms with Gasteiger partial charge in [0.25, 0.3) is 0 Å². The van der Waals surface area contributed by atoms with Gasteiger partial charge in [-0.2, -0.15) is 0 Å². The first-order chi connectivity index (χ1) is 10.6. The number of phenols is 1. The van der Waals surface area contributed by atoms with Crippen LogP contribution in [0, 0.1) is 0 Å². The summed E-state index contributed by atoms with van der Waals surface area (Å²) in [6.45, 7) is 5.16. The minimum Gasteiger partial charge on any atom is -0.508 e. The van der Waals surface area contributed by atoms with Crippen LogP contribution in [0.4, 0.5) is 10.5 Å². The lowest BCUT2D eigenvalue weighted by Gasteiger charge is -2.35. The number of benzene rings is 1. The van der Waals surface area contributed by atoms with Crippen LogP contribution in [0.25, 0.3) is 0 Å². The van der Waals surface area contributed by atoms with Crippen LogP contribution in [-0.4, -0.2) is 61.3 Å². The highest BCUT2D eigenvalue weighted by molar-refractivity contribution is 5.92. The average molecular weight is 307 g/mol. The summed E-state index contributed by atoms with van der Waals surface area (Å²) in [5.41, 5.74) is 1.05. The molecule has 1 aromatic rings. The molecule has 0 aromatic heterocycles. The molecule has 22 heavy (non-hydrogen) atoms. The number of carbonyl (C=O) groups excluding carboxylic acids is 2. The lowest BCUT2D eigenvalue weighted by Crippen LogP contribution is -2.50. The molecule has 0 saturated carbocycles. The molecule has 7 heteroatoms. The van der Waals surface area contributed by atoms with Crippen LogP contribution in [0.3, 0.4) is 0 Å². The third kappa shape index (κ3) is 4.63. The number of piperazine rings is 1. The average Bonchev–Trinajstić information content (AvgIpc) is 2.49. The van der Waals surface area contributed by atoms with E-state index in [4.69, 9.17) is 0 Å². The summed E-state index contributed by atoms with van der Waals surface area (Å²) in [7, 11) is 0. The molecule has 0 spiro atoms. The molecule has 1 aliphatic heterocycles. The van der Waals surface area contributed by atoms with Crippen LogP contribution in [0.5, 0.6) is 5.75 Å². The second-order valence-corrected chi connectivity index (χ2v) is 5.05. The van der Waals surface area contributed by atoms with Crippen molar-refractivity contribution in [3.63, 3.8) is 0 Å². The Kier molecular flexibility index (Phi) is 5.60. The molecule has 1 heterocycles. The Hall–Kier alpha value is -2.28. The number of hydrogen-bond donors (Lipinski definition) is 2. The van der Waals surface area contributed by atoms with Gasteiger partial charge < -0.3 is 14.7 Å². The Morgan fingerprint density at radius 2 is 1.82 bits per heavy atom. The molecule has 120 valence electrons. The second kappa shape index (κ2) is 7.65. The number of carbonyl (C=O) groups is 2. The van der Waals surface area contributed by atoms with E-state index < -0.39 is 6.09 Å². The topological polar surface area (TPSA) is 82.1 Å². The molecule has 2 N–H and O–H groups in total. The number of anilines is 1. The second-order valence-electron chi connectivity index (χ2n) is 5.05. The lowest BCUT2D eigenvalue weighted by atomic mass is 10.2. The maximum atomic E-state index is 11.7. The Labute approximate surface area is 129 Å². The predicted molar refractivity (Wildman–Crippen MR) is 81.9 cm³/mol. The monoisotopic (exact) mass is 307 g/mol. The zero-order chi connectivity index (χ0) is 15.9. The molecule has 7 nitrogen and oxygen atoms in total. The van der Waals surface area contributed by atoms with Gasteiger partial charge >= 0.3 is 6.09 Å². The summed E-state index contributed by atoms with van der Waals surface area (Å²) < 4.78 is 4.67. The van der Waals surface area contributed by atoms with E-state index in [1.54, 1.807) is 19.1 Å². The van der Waals surface area contributed by atoms with Gasteiger partial charge in [-0.05, 0) is 31.2 Å². The number of nitrogens with one attached hydrogen (secondary N) is 1. The summed E-state index contributed by atoms with van der Waals surface area (Å²) >= 11 is 0. The largest absolute Gasteiger partial charge is 0.508 e. The molecule has 2 amide bonds. The maximum absolute atomic E-state index is 11.7. The third-order valence-corrected chi connectivity index (χ3v) is 3.47. The molecule has 1 fully saturated rings. The van der Waals surface area contributed by atoms with Gasteiger partial charge in [0.15, 0.2) is 0 Å². The van der Waals surface area contributed by atoms with Gasteiger partial charge in [-0.15, -0.1) is 0 Å². The number of hydrogen-bond acceptors (Lipinski definition) is 6. The van der Waals surface area contributed by atoms with E-state index in [1.807, 2.05) is 17.0 Å². The summed E-state index contributed by atoms with van der Waals surface area (Å²) in [5.74, 6) is -0.102. The minimum atomic E-state index is -0.699. The van der Waals surface area contributed by atoms with Crippen LogP contribution >= 0.6 is 0 Å². The van der Waals surface area contributed by atoms with Crippen molar-refractivity contribution < 1.29 is 19.4 Å². The minimum absolute atomic E-state index is 0.183. The Bertz CT molecular complexity index is 510. The molecule has 0 radical (unpaired) electrons. The van der Waals surface area contributed by atoms with E-state index in [0.717, 1.165) is 31.9 Å². The van der Waals surface area contributed by atoms with Crippen molar-refractivity contribution in [3.8, 4) is 5.75 Å². The van der Waals surface area contributed by atoms with Crippen molar-refractivity contribution in [1.29, 1.82) is 0 Å². The van der Waals surface area contributed by atoms with Gasteiger partial charge in [-0.3, -0.25) is 15.0 Å². The molecule has 1 aliphatic rings. The Morgan fingerprint density at radius 3 is 2.41 bits per heavy atom. The van der Waals surface area contributed by atoms with Crippen molar-refractivity contribution in [2.75, 3.05) is 44.2 Å². The number of aromatic hydroxyl groups is 1. The molecule has 0 aliphatic carbocycles. The molecular weight excluding hydrogens is 286 g/mol. The van der Waals surface area contributed by atoms with Crippen molar-refractivity contribution in [1.82, 2.24) is 10.2 Å². The first kappa shape index (κ1) is 16.1. The van der Waals surface area contributed by atoms with Gasteiger partial charge in [0, 0.05) is 31.9 Å². The summed E-state index contributed by atoms with van der Waals surface area (Å²) in [4.78, 5) is 27.0. The normalized spacial score (nSPS) is 15.4. The van der Waals surface area contributed by atoms with Crippen LogP contribution in [0.1, 0.15) is 6.92 Å². The van der Waals surface area contributed by atoms with Crippen LogP contribution in [0.2, 0.25) is 0 Å². The van der Waals surface area contributed by atoms with Gasteiger partial charge in [0.05, 0.1) is 13.2 Å². The van der Waals surface area contributed by atoms with Gasteiger partial charge in [0.1, 0.15) is 5.75 Å². The van der Waals surface area contributed by atoms with Crippen LogP contribution in [0.15, 0.2) is 24.3 Å². The van der Waals surface area contributed by atoms with E-state index in [-0.39, 0.29) is 24.8 Å². The van der Waals surface area contributed by atoms with Crippen molar-refractivity contribution >= 4 is 17.7 Å². The summed E-state index contributed by atoms with van der Waals surface area (Å²) in [5, 5.41) is 11.5. The number of nitrogens with zero attached hydrogens (tertiary/aromatic N) is 2. The number of imide groups is 1. The van der Waals surface area contributed by atoms with Crippen molar-refractivity contribution in [3.05, 3.63) is 24.3 Å². The number of alkyl carbamates (subject to hydrolysis) is 1. The number of rotatable bonds is 4. The van der Waals surface area contributed by atoms with E-state index in [2.05, 4.69) is 15.0 Å². The number of amides is 2. The van der Waals surface area contributed by atoms with E-state index >= 15 is 0 Å². The number of ether oxygens (including phenoxy) is 1. The highest BCUT2D eigenvalue weighted by atomic mass is 16.5. The maximum Gasteiger partial charge on any atom is 0.413 e. The predicted octanol–water partition coefficient (Wildman–Crippen LogP) is 0.787. The SMILES string of the molecule is CCOC(=O)NC(=O)CN1CCN(c2ccc(O)cc2)CC1. The van der Waals surface area contributed by atoms with Gasteiger partial charge in [0.2, 0.25) is 5.91 Å². The fraction of sp³-hybridized carbons (Fsp3) is 0.467. The van der Waals surface area contributed by atoms with E-state index in [0.29, 0.717) is 0 Å². The molecule has 0 atom stereocenters. The zero-order valence-corrected chi connectivity index (χ0v) is 12.6. The third-order valence-electron chi connectivity index (χ3n) is 3.47. The molecular formula is C15H21N3O4. The molecule has 1 saturated heterocycles. The molecule has 0 unspecified atom stereocenters. The first-order valence-electron chi connectivity index (χ1n) is 7.31. The Balaban J connectivity index is 1.76. The smallest absolute Gasteiger partial charge is 0.413 e. The molecule has 0 bridgehead atoms. The summed E-state index contributed by atoms with van der Waals surface area (Å²) in [6, 6.07) is 7.07. The van der Waals surface area contributed by atoms with Crippen LogP contribution in [-0.2, 0) is 9.53 Å². The molecule has 1 aromatic carbocycles. The van der Waals surface area contributed by atoms with Gasteiger partial charge in [-0.1, -0.05) is 0 Å². The van der Waals surface area contributed by atoms with Crippen molar-refractivity contribution in [2.24, 2.45) is 0 Å². The lowest BCUT2D eigenvalue weighted by molar-refractivity contribution is -0.121. The van der Waals surface area contributed by atoms with E-state index in [1.165, 1.54) is 0 Å². The highest BCUT2D eigenvalue weighted by Crippen LogP contribution is 2.19. The molecule has 2 rings (SSSR count).